The fourth-order valence-electron chi connectivity index (χ4n) is 2.94. The fraction of sp³-hybridized carbons (Fsp3) is 0.235. The minimum absolute atomic E-state index is 0.263. The molecule has 0 amide bonds. The molecule has 116 valence electrons. The second-order valence-corrected chi connectivity index (χ2v) is 6.75. The monoisotopic (exact) mass is 318 g/mol. The molecule has 0 heterocycles. The first-order chi connectivity index (χ1) is 10.4. The Morgan fingerprint density at radius 1 is 1.32 bits per heavy atom. The van der Waals surface area contributed by atoms with E-state index < -0.39 is 21.3 Å². The van der Waals surface area contributed by atoms with Gasteiger partial charge in [0.1, 0.15) is 5.25 Å². The molecule has 1 aliphatic rings. The predicted octanol–water partition coefficient (Wildman–Crippen LogP) is 2.99. The van der Waals surface area contributed by atoms with Crippen LogP contribution in [0.4, 0.5) is 0 Å². The highest BCUT2D eigenvalue weighted by Crippen LogP contribution is 2.33. The molecule has 0 saturated carbocycles. The molecule has 0 aromatic heterocycles. The summed E-state index contributed by atoms with van der Waals surface area (Å²) in [7, 11) is -4.44. The highest BCUT2D eigenvalue weighted by atomic mass is 32.2. The summed E-state index contributed by atoms with van der Waals surface area (Å²) in [6, 6.07) is 7.14. The summed E-state index contributed by atoms with van der Waals surface area (Å²) in [6.07, 6.45) is 5.17. The smallest absolute Gasteiger partial charge is 0.272 e. The second-order valence-electron chi connectivity index (χ2n) is 5.21. The number of ketones is 1. The van der Waals surface area contributed by atoms with Crippen LogP contribution in [0.15, 0.2) is 61.2 Å². The quantitative estimate of drug-likeness (QED) is 0.669. The van der Waals surface area contributed by atoms with Crippen molar-refractivity contribution in [3.8, 4) is 0 Å². The number of benzene rings is 1. The number of hydrogen-bond donors (Lipinski definition) is 1. The topological polar surface area (TPSA) is 71.4 Å². The van der Waals surface area contributed by atoms with Crippen LogP contribution in [-0.2, 0) is 16.5 Å². The Balaban J connectivity index is 2.51. The van der Waals surface area contributed by atoms with Gasteiger partial charge < -0.3 is 0 Å². The van der Waals surface area contributed by atoms with Gasteiger partial charge in [0.15, 0.2) is 5.78 Å². The standard InChI is InChI=1S/C17H18O4S/c1-3-7-12(4-2)17(22(19,20)21)15-11-10-13-8-5-6-9-14(13)16(15)18/h3-9,15,17H,1-2,10-11H2,(H,19,20,21)/b12-7+. The molecule has 0 fully saturated rings. The van der Waals surface area contributed by atoms with E-state index in [0.29, 0.717) is 18.4 Å². The average molecular weight is 318 g/mol. The number of aryl methyl sites for hydroxylation is 1. The van der Waals surface area contributed by atoms with Crippen LogP contribution in [0.3, 0.4) is 0 Å². The van der Waals surface area contributed by atoms with E-state index in [1.54, 1.807) is 12.1 Å². The molecular weight excluding hydrogens is 300 g/mol. The number of hydrogen-bond acceptors (Lipinski definition) is 3. The van der Waals surface area contributed by atoms with Gasteiger partial charge in [0, 0.05) is 11.5 Å². The van der Waals surface area contributed by atoms with E-state index in [4.69, 9.17) is 0 Å². The zero-order chi connectivity index (χ0) is 16.3. The van der Waals surface area contributed by atoms with E-state index in [0.717, 1.165) is 5.56 Å². The summed E-state index contributed by atoms with van der Waals surface area (Å²) in [5, 5.41) is -1.32. The largest absolute Gasteiger partial charge is 0.294 e. The Morgan fingerprint density at radius 2 is 2.00 bits per heavy atom. The number of rotatable bonds is 5. The Labute approximate surface area is 130 Å². The van der Waals surface area contributed by atoms with Gasteiger partial charge in [-0.25, -0.2) is 0 Å². The minimum atomic E-state index is -4.44. The van der Waals surface area contributed by atoms with Crippen molar-refractivity contribution >= 4 is 15.9 Å². The molecule has 0 aliphatic heterocycles. The van der Waals surface area contributed by atoms with Crippen LogP contribution in [0, 0.1) is 5.92 Å². The van der Waals surface area contributed by atoms with E-state index in [-0.39, 0.29) is 11.4 Å². The van der Waals surface area contributed by atoms with Gasteiger partial charge in [-0.3, -0.25) is 9.35 Å². The third-order valence-corrected chi connectivity index (χ3v) is 5.15. The Kier molecular flexibility index (Phi) is 4.78. The highest BCUT2D eigenvalue weighted by molar-refractivity contribution is 7.86. The second kappa shape index (κ2) is 6.42. The van der Waals surface area contributed by atoms with Gasteiger partial charge in [0.25, 0.3) is 10.1 Å². The molecule has 1 aliphatic carbocycles. The normalized spacial score (nSPS) is 20.1. The van der Waals surface area contributed by atoms with Crippen LogP contribution in [-0.4, -0.2) is 24.0 Å². The molecule has 2 unspecified atom stereocenters. The molecule has 22 heavy (non-hydrogen) atoms. The molecule has 2 atom stereocenters. The third-order valence-electron chi connectivity index (χ3n) is 3.91. The molecule has 0 radical (unpaired) electrons. The van der Waals surface area contributed by atoms with E-state index in [1.807, 2.05) is 12.1 Å². The van der Waals surface area contributed by atoms with Gasteiger partial charge in [0.05, 0.1) is 0 Å². The lowest BCUT2D eigenvalue weighted by Crippen LogP contribution is -2.38. The lowest BCUT2D eigenvalue weighted by Gasteiger charge is -2.29. The van der Waals surface area contributed by atoms with Crippen LogP contribution >= 0.6 is 0 Å². The first-order valence-corrected chi connectivity index (χ1v) is 8.44. The van der Waals surface area contributed by atoms with Crippen molar-refractivity contribution in [2.75, 3.05) is 0 Å². The van der Waals surface area contributed by atoms with Gasteiger partial charge in [-0.15, -0.1) is 0 Å². The molecular formula is C17H18O4S. The maximum atomic E-state index is 12.7. The van der Waals surface area contributed by atoms with Crippen molar-refractivity contribution in [2.45, 2.75) is 18.1 Å². The van der Waals surface area contributed by atoms with Crippen molar-refractivity contribution in [1.82, 2.24) is 0 Å². The number of Topliss-reactive ketones (excluding diaryl/α,β-unsaturated/α-hetero) is 1. The summed E-state index contributed by atoms with van der Waals surface area (Å²) in [6.45, 7) is 7.10. The molecule has 0 bridgehead atoms. The Bertz CT molecular complexity index is 744. The molecule has 1 aromatic rings. The summed E-state index contributed by atoms with van der Waals surface area (Å²) in [5.74, 6) is -1.09. The molecule has 5 heteroatoms. The summed E-state index contributed by atoms with van der Waals surface area (Å²) < 4.78 is 33.3. The molecule has 4 nitrogen and oxygen atoms in total. The number of allylic oxidation sites excluding steroid dienone is 3. The van der Waals surface area contributed by atoms with Crippen LogP contribution in [0.25, 0.3) is 0 Å². The third kappa shape index (κ3) is 3.10. The lowest BCUT2D eigenvalue weighted by molar-refractivity contribution is 0.0901. The maximum Gasteiger partial charge on any atom is 0.272 e. The van der Waals surface area contributed by atoms with Crippen molar-refractivity contribution in [3.05, 3.63) is 72.4 Å². The van der Waals surface area contributed by atoms with E-state index in [9.17, 15) is 17.8 Å². The summed E-state index contributed by atoms with van der Waals surface area (Å²) >= 11 is 0. The minimum Gasteiger partial charge on any atom is -0.294 e. The van der Waals surface area contributed by atoms with Gasteiger partial charge in [0.2, 0.25) is 0 Å². The SMILES string of the molecule is C=C/C=C(\C=C)C(C1CCc2ccccc2C1=O)S(=O)(=O)O. The fourth-order valence-corrected chi connectivity index (χ4v) is 4.13. The van der Waals surface area contributed by atoms with E-state index >= 15 is 0 Å². The van der Waals surface area contributed by atoms with Crippen molar-refractivity contribution < 1.29 is 17.8 Å². The highest BCUT2D eigenvalue weighted by Gasteiger charge is 2.41. The number of carbonyl (C=O) groups excluding carboxylic acids is 1. The molecule has 0 saturated heterocycles. The molecule has 2 rings (SSSR count). The first-order valence-electron chi connectivity index (χ1n) is 6.93. The Morgan fingerprint density at radius 3 is 2.59 bits per heavy atom. The van der Waals surface area contributed by atoms with Gasteiger partial charge in [-0.2, -0.15) is 8.42 Å². The van der Waals surface area contributed by atoms with Gasteiger partial charge >= 0.3 is 0 Å². The zero-order valence-corrected chi connectivity index (χ0v) is 12.9. The molecule has 0 spiro atoms. The number of carbonyl (C=O) groups is 1. The van der Waals surface area contributed by atoms with Gasteiger partial charge in [-0.05, 0) is 24.0 Å². The summed E-state index contributed by atoms with van der Waals surface area (Å²) in [5.41, 5.74) is 1.70. The van der Waals surface area contributed by atoms with Gasteiger partial charge in [-0.1, -0.05) is 55.7 Å². The molecule has 1 N–H and O–H groups in total. The van der Waals surface area contributed by atoms with E-state index in [2.05, 4.69) is 13.2 Å². The first kappa shape index (κ1) is 16.4. The maximum absolute atomic E-state index is 12.7. The summed E-state index contributed by atoms with van der Waals surface area (Å²) in [4.78, 5) is 12.7. The van der Waals surface area contributed by atoms with Crippen LogP contribution < -0.4 is 0 Å². The number of fused-ring (bicyclic) bond motifs is 1. The zero-order valence-electron chi connectivity index (χ0n) is 12.1. The average Bonchev–Trinajstić information content (AvgIpc) is 2.48. The Hall–Kier alpha value is -1.98. The van der Waals surface area contributed by atoms with E-state index in [1.165, 1.54) is 18.2 Å². The van der Waals surface area contributed by atoms with Crippen molar-refractivity contribution in [3.63, 3.8) is 0 Å². The van der Waals surface area contributed by atoms with Crippen LogP contribution in [0.2, 0.25) is 0 Å². The lowest BCUT2D eigenvalue weighted by atomic mass is 9.79. The van der Waals surface area contributed by atoms with Crippen LogP contribution in [0.1, 0.15) is 22.3 Å². The van der Waals surface area contributed by atoms with Crippen molar-refractivity contribution in [2.24, 2.45) is 5.92 Å². The molecule has 1 aromatic carbocycles. The van der Waals surface area contributed by atoms with Crippen molar-refractivity contribution in [1.29, 1.82) is 0 Å². The predicted molar refractivity (Wildman–Crippen MR) is 86.4 cm³/mol. The van der Waals surface area contributed by atoms with Crippen LogP contribution in [0.5, 0.6) is 0 Å².